The fourth-order valence-electron chi connectivity index (χ4n) is 6.93. The molecular weight excluding hydrogens is 777 g/mol. The minimum atomic E-state index is -1.41. The summed E-state index contributed by atoms with van der Waals surface area (Å²) in [7, 11) is 1.57. The number of hydrogen-bond acceptors (Lipinski definition) is 11. The monoisotopic (exact) mass is 822 g/mol. The van der Waals surface area contributed by atoms with Crippen molar-refractivity contribution in [2.45, 2.75) is 56.4 Å². The summed E-state index contributed by atoms with van der Waals surface area (Å²) in [6, 6.07) is 51.5. The molecule has 6 atom stereocenters. The van der Waals surface area contributed by atoms with E-state index in [0.29, 0.717) is 5.75 Å². The van der Waals surface area contributed by atoms with E-state index in [1.165, 1.54) is 0 Å². The summed E-state index contributed by atoms with van der Waals surface area (Å²) >= 11 is 0. The maximum absolute atomic E-state index is 14.1. The van der Waals surface area contributed by atoms with E-state index in [1.54, 1.807) is 110 Å². The minimum absolute atomic E-state index is 0.00175. The number of esters is 3. The molecule has 0 saturated heterocycles. The van der Waals surface area contributed by atoms with E-state index >= 15 is 0 Å². The zero-order chi connectivity index (χ0) is 42.2. The Morgan fingerprint density at radius 1 is 0.377 bits per heavy atom. The molecule has 0 spiro atoms. The standard InChI is InChI=1S/C50H46O11/c1-54-41-29-27-37(28-30-41)33-56-42-43(58-34-55-31-35-17-7-2-8-18-35)45(59-48(51)38-21-11-4-12-22-38)44(57-32-36-19-9-3-10-20-36)47(61-50(53)40-25-15-6-16-26-40)46(42)60-49(52)39-23-13-5-14-24-39/h2-30,42-47H,31-34H2,1H3/t42-,43+,44-,45+,46+,47+/m0/s1. The van der Waals surface area contributed by atoms with Crippen LogP contribution in [-0.4, -0.2) is 68.4 Å². The lowest BCUT2D eigenvalue weighted by molar-refractivity contribution is -0.272. The molecule has 61 heavy (non-hydrogen) atoms. The van der Waals surface area contributed by atoms with Crippen molar-refractivity contribution < 1.29 is 52.3 Å². The van der Waals surface area contributed by atoms with E-state index in [-0.39, 0.29) is 43.3 Å². The third-order valence-electron chi connectivity index (χ3n) is 10.0. The lowest BCUT2D eigenvalue weighted by Crippen LogP contribution is -2.68. The predicted octanol–water partition coefficient (Wildman–Crippen LogP) is 8.42. The maximum atomic E-state index is 14.1. The molecular formula is C50H46O11. The summed E-state index contributed by atoms with van der Waals surface area (Å²) in [5.74, 6) is -1.50. The average Bonchev–Trinajstić information content (AvgIpc) is 3.32. The van der Waals surface area contributed by atoms with Crippen LogP contribution in [0.2, 0.25) is 0 Å². The van der Waals surface area contributed by atoms with Crippen LogP contribution >= 0.6 is 0 Å². The molecule has 1 fully saturated rings. The highest BCUT2D eigenvalue weighted by Gasteiger charge is 2.58. The SMILES string of the molecule is COc1ccc(CO[C@H]2[C@@H](OCOCc3ccccc3)[C@@H](OC(=O)c3ccccc3)[C@H](OCc3ccccc3)[C@@H](OC(=O)c3ccccc3)[C@@H]2OC(=O)c2ccccc2)cc1. The van der Waals surface area contributed by atoms with Crippen molar-refractivity contribution in [2.75, 3.05) is 13.9 Å². The van der Waals surface area contributed by atoms with Crippen molar-refractivity contribution in [3.05, 3.63) is 209 Å². The van der Waals surface area contributed by atoms with Gasteiger partial charge in [-0.25, -0.2) is 14.4 Å². The molecule has 1 saturated carbocycles. The number of carbonyl (C=O) groups excluding carboxylic acids is 3. The number of rotatable bonds is 18. The lowest BCUT2D eigenvalue weighted by Gasteiger charge is -2.48. The van der Waals surface area contributed by atoms with Crippen LogP contribution in [0.25, 0.3) is 0 Å². The molecule has 6 aromatic carbocycles. The van der Waals surface area contributed by atoms with Gasteiger partial charge in [-0.2, -0.15) is 0 Å². The molecule has 0 bridgehead atoms. The molecule has 0 heterocycles. The molecule has 0 aliphatic heterocycles. The van der Waals surface area contributed by atoms with Gasteiger partial charge in [0.1, 0.15) is 30.9 Å². The van der Waals surface area contributed by atoms with Gasteiger partial charge in [0.15, 0.2) is 18.3 Å². The van der Waals surface area contributed by atoms with E-state index in [0.717, 1.165) is 16.7 Å². The molecule has 0 N–H and O–H groups in total. The quantitative estimate of drug-likeness (QED) is 0.0359. The number of benzene rings is 6. The minimum Gasteiger partial charge on any atom is -0.497 e. The van der Waals surface area contributed by atoms with Crippen molar-refractivity contribution in [1.29, 1.82) is 0 Å². The zero-order valence-corrected chi connectivity index (χ0v) is 33.5. The Hall–Kier alpha value is -6.63. The van der Waals surface area contributed by atoms with Crippen molar-refractivity contribution >= 4 is 17.9 Å². The second kappa shape index (κ2) is 21.6. The Kier molecular flexibility index (Phi) is 15.0. The van der Waals surface area contributed by atoms with Gasteiger partial charge in [0, 0.05) is 0 Å². The highest BCUT2D eigenvalue weighted by atomic mass is 16.7. The number of ether oxygens (including phenoxy) is 8. The van der Waals surface area contributed by atoms with Crippen molar-refractivity contribution in [2.24, 2.45) is 0 Å². The molecule has 6 aromatic rings. The van der Waals surface area contributed by atoms with E-state index < -0.39 is 54.5 Å². The van der Waals surface area contributed by atoms with Crippen LogP contribution in [0.3, 0.4) is 0 Å². The lowest BCUT2D eigenvalue weighted by atomic mass is 9.83. The number of methoxy groups -OCH3 is 1. The molecule has 1 aliphatic rings. The fourth-order valence-corrected chi connectivity index (χ4v) is 6.93. The maximum Gasteiger partial charge on any atom is 0.338 e. The van der Waals surface area contributed by atoms with Crippen LogP contribution in [0.15, 0.2) is 176 Å². The summed E-state index contributed by atoms with van der Waals surface area (Å²) in [5, 5.41) is 0. The molecule has 0 amide bonds. The molecule has 312 valence electrons. The summed E-state index contributed by atoms with van der Waals surface area (Å²) in [6.07, 6.45) is -7.86. The predicted molar refractivity (Wildman–Crippen MR) is 224 cm³/mol. The van der Waals surface area contributed by atoms with Gasteiger partial charge in [-0.15, -0.1) is 0 Å². The van der Waals surface area contributed by atoms with Crippen molar-refractivity contribution in [3.63, 3.8) is 0 Å². The van der Waals surface area contributed by atoms with Gasteiger partial charge >= 0.3 is 17.9 Å². The first-order valence-electron chi connectivity index (χ1n) is 19.9. The van der Waals surface area contributed by atoms with Gasteiger partial charge in [0.2, 0.25) is 0 Å². The van der Waals surface area contributed by atoms with Gasteiger partial charge in [-0.1, -0.05) is 127 Å². The third-order valence-corrected chi connectivity index (χ3v) is 10.0. The summed E-state index contributed by atoms with van der Waals surface area (Å²) in [6.45, 7) is -0.108. The van der Waals surface area contributed by atoms with Crippen LogP contribution in [0.4, 0.5) is 0 Å². The molecule has 1 aliphatic carbocycles. The Balaban J connectivity index is 1.34. The van der Waals surface area contributed by atoms with Gasteiger partial charge in [0.25, 0.3) is 0 Å². The molecule has 7 rings (SSSR count). The van der Waals surface area contributed by atoms with Gasteiger partial charge in [0.05, 0.1) is 43.6 Å². The van der Waals surface area contributed by atoms with E-state index in [4.69, 9.17) is 37.9 Å². The highest BCUT2D eigenvalue weighted by molar-refractivity contribution is 5.91. The van der Waals surface area contributed by atoms with Gasteiger partial charge in [-0.3, -0.25) is 0 Å². The smallest absolute Gasteiger partial charge is 0.338 e. The topological polar surface area (TPSA) is 125 Å². The van der Waals surface area contributed by atoms with Gasteiger partial charge in [-0.05, 0) is 65.2 Å². The van der Waals surface area contributed by atoms with E-state index in [1.807, 2.05) is 72.8 Å². The Morgan fingerprint density at radius 2 is 0.705 bits per heavy atom. The van der Waals surface area contributed by atoms with E-state index in [9.17, 15) is 14.4 Å². The molecule has 11 heteroatoms. The first kappa shape index (κ1) is 42.5. The van der Waals surface area contributed by atoms with Crippen LogP contribution in [0, 0.1) is 0 Å². The van der Waals surface area contributed by atoms with Crippen molar-refractivity contribution in [3.8, 4) is 5.75 Å². The summed E-state index contributed by atoms with van der Waals surface area (Å²) in [4.78, 5) is 42.4. The third kappa shape index (κ3) is 11.6. The van der Waals surface area contributed by atoms with Crippen molar-refractivity contribution in [1.82, 2.24) is 0 Å². The van der Waals surface area contributed by atoms with Gasteiger partial charge < -0.3 is 37.9 Å². The number of hydrogen-bond donors (Lipinski definition) is 0. The second-order valence-corrected chi connectivity index (χ2v) is 14.2. The Bertz CT molecular complexity index is 2260. The zero-order valence-electron chi connectivity index (χ0n) is 33.5. The van der Waals surface area contributed by atoms with Crippen LogP contribution in [0.1, 0.15) is 47.8 Å². The van der Waals surface area contributed by atoms with E-state index in [2.05, 4.69) is 0 Å². The summed E-state index contributed by atoms with van der Waals surface area (Å²) < 4.78 is 50.6. The van der Waals surface area contributed by atoms with Crippen LogP contribution in [0.5, 0.6) is 5.75 Å². The Labute approximate surface area is 354 Å². The normalized spacial score (nSPS) is 19.6. The van der Waals surface area contributed by atoms with Crippen LogP contribution < -0.4 is 4.74 Å². The summed E-state index contributed by atoms with van der Waals surface area (Å²) in [5.41, 5.74) is 3.16. The van der Waals surface area contributed by atoms with Crippen LogP contribution in [-0.2, 0) is 53.0 Å². The second-order valence-electron chi connectivity index (χ2n) is 14.2. The highest BCUT2D eigenvalue weighted by Crippen LogP contribution is 2.36. The number of carbonyl (C=O) groups is 3. The fraction of sp³-hybridized carbons (Fsp3) is 0.220. The first-order chi connectivity index (χ1) is 30.0. The molecule has 0 radical (unpaired) electrons. The molecule has 0 unspecified atom stereocenters. The average molecular weight is 823 g/mol. The largest absolute Gasteiger partial charge is 0.497 e. The molecule has 11 nitrogen and oxygen atoms in total. The Morgan fingerprint density at radius 3 is 1.11 bits per heavy atom. The molecule has 0 aromatic heterocycles. The first-order valence-corrected chi connectivity index (χ1v) is 19.9.